The Morgan fingerprint density at radius 3 is 2.85 bits per heavy atom. The molecule has 0 spiro atoms. The second-order valence-electron chi connectivity index (χ2n) is 9.25. The fraction of sp³-hybridized carbons (Fsp3) is 0.346. The summed E-state index contributed by atoms with van der Waals surface area (Å²) < 4.78 is 26.1. The van der Waals surface area contributed by atoms with Gasteiger partial charge in [-0.05, 0) is 61.1 Å². The Hall–Kier alpha value is -3.26. The lowest BCUT2D eigenvalue weighted by atomic mass is 9.74. The van der Waals surface area contributed by atoms with Crippen molar-refractivity contribution in [3.05, 3.63) is 65.2 Å². The number of aromatic nitrogens is 1. The van der Waals surface area contributed by atoms with Gasteiger partial charge in [-0.1, -0.05) is 30.4 Å². The second-order valence-corrected chi connectivity index (χ2v) is 10.3. The molecular weight excluding hydrogens is 455 g/mol. The Bertz CT molecular complexity index is 1370. The van der Waals surface area contributed by atoms with Crippen molar-refractivity contribution in [1.29, 1.82) is 0 Å². The zero-order valence-corrected chi connectivity index (χ0v) is 19.6. The van der Waals surface area contributed by atoms with Crippen molar-refractivity contribution in [3.63, 3.8) is 0 Å². The molecule has 6 rings (SSSR count). The summed E-state index contributed by atoms with van der Waals surface area (Å²) in [7, 11) is 1.58. The highest BCUT2D eigenvalue weighted by atomic mass is 32.1. The Morgan fingerprint density at radius 1 is 1.18 bits per heavy atom. The molecule has 0 radical (unpaired) electrons. The molecule has 2 aromatic carbocycles. The van der Waals surface area contributed by atoms with Gasteiger partial charge in [-0.15, -0.1) is 0 Å². The van der Waals surface area contributed by atoms with Crippen LogP contribution in [0.4, 0.5) is 9.52 Å². The number of carbonyl (C=O) groups excluding carboxylic acids is 2. The first kappa shape index (κ1) is 21.3. The van der Waals surface area contributed by atoms with Gasteiger partial charge in [0.25, 0.3) is 5.91 Å². The molecule has 1 saturated carbocycles. The summed E-state index contributed by atoms with van der Waals surface area (Å²) in [6, 6.07) is 11.0. The van der Waals surface area contributed by atoms with E-state index in [0.717, 1.165) is 24.8 Å². The Morgan fingerprint density at radius 2 is 2.03 bits per heavy atom. The number of thiazole rings is 1. The highest BCUT2D eigenvalue weighted by Crippen LogP contribution is 2.50. The first-order valence-electron chi connectivity index (χ1n) is 11.4. The van der Waals surface area contributed by atoms with Gasteiger partial charge in [0, 0.05) is 0 Å². The van der Waals surface area contributed by atoms with Crippen LogP contribution in [0, 0.1) is 17.7 Å². The number of carbonyl (C=O) groups is 2. The highest BCUT2D eigenvalue weighted by Gasteiger charge is 2.53. The van der Waals surface area contributed by atoms with Gasteiger partial charge in [-0.3, -0.25) is 14.5 Å². The molecule has 4 unspecified atom stereocenters. The number of ether oxygens (including phenoxy) is 2. The molecule has 3 heterocycles. The SMILES string of the molecule is COc1cccc(C2C3=C(OC4CCC(C)CC4C3=O)C(=O)N2c2nc3ccc(F)cc3s2)c1. The topological polar surface area (TPSA) is 68.7 Å². The number of amides is 1. The molecule has 0 saturated heterocycles. The van der Waals surface area contributed by atoms with Crippen molar-refractivity contribution in [1.82, 2.24) is 4.98 Å². The van der Waals surface area contributed by atoms with Crippen LogP contribution in [-0.4, -0.2) is 29.9 Å². The minimum absolute atomic E-state index is 0.0198. The van der Waals surface area contributed by atoms with Crippen molar-refractivity contribution >= 4 is 38.4 Å². The summed E-state index contributed by atoms with van der Waals surface area (Å²) in [6.07, 6.45) is 2.20. The maximum absolute atomic E-state index is 13.8. The van der Waals surface area contributed by atoms with Crippen LogP contribution < -0.4 is 9.64 Å². The predicted octanol–water partition coefficient (Wildman–Crippen LogP) is 5.19. The normalized spacial score (nSPS) is 26.5. The summed E-state index contributed by atoms with van der Waals surface area (Å²) in [5.74, 6) is 0.152. The van der Waals surface area contributed by atoms with Crippen LogP contribution in [0.2, 0.25) is 0 Å². The lowest BCUT2D eigenvalue weighted by Crippen LogP contribution is -2.41. The molecule has 6 nitrogen and oxygen atoms in total. The smallest absolute Gasteiger partial charge is 0.296 e. The fourth-order valence-electron chi connectivity index (χ4n) is 5.39. The summed E-state index contributed by atoms with van der Waals surface area (Å²) in [5.41, 5.74) is 1.72. The minimum atomic E-state index is -0.686. The van der Waals surface area contributed by atoms with E-state index in [2.05, 4.69) is 11.9 Å². The van der Waals surface area contributed by atoms with Crippen molar-refractivity contribution in [2.45, 2.75) is 38.3 Å². The van der Waals surface area contributed by atoms with Gasteiger partial charge >= 0.3 is 0 Å². The molecule has 2 aliphatic heterocycles. The fourth-order valence-corrected chi connectivity index (χ4v) is 6.41. The van der Waals surface area contributed by atoms with Crippen molar-refractivity contribution < 1.29 is 23.5 Å². The molecule has 3 aromatic rings. The highest BCUT2D eigenvalue weighted by molar-refractivity contribution is 7.22. The van der Waals surface area contributed by atoms with E-state index in [0.29, 0.717) is 32.6 Å². The van der Waals surface area contributed by atoms with E-state index in [1.54, 1.807) is 13.2 Å². The summed E-state index contributed by atoms with van der Waals surface area (Å²) in [4.78, 5) is 33.8. The van der Waals surface area contributed by atoms with Gasteiger partial charge in [0.1, 0.15) is 17.7 Å². The molecule has 0 bridgehead atoms. The van der Waals surface area contributed by atoms with Gasteiger partial charge < -0.3 is 9.47 Å². The van der Waals surface area contributed by atoms with E-state index >= 15 is 0 Å². The summed E-state index contributed by atoms with van der Waals surface area (Å²) in [5, 5.41) is 0.403. The summed E-state index contributed by atoms with van der Waals surface area (Å²) in [6.45, 7) is 2.15. The van der Waals surface area contributed by atoms with Gasteiger partial charge in [-0.25, -0.2) is 9.37 Å². The maximum atomic E-state index is 13.8. The van der Waals surface area contributed by atoms with Gasteiger partial charge in [0.05, 0.1) is 34.9 Å². The van der Waals surface area contributed by atoms with Crippen LogP contribution >= 0.6 is 11.3 Å². The Kier molecular flexibility index (Phi) is 4.95. The van der Waals surface area contributed by atoms with Crippen LogP contribution in [0.25, 0.3) is 10.2 Å². The predicted molar refractivity (Wildman–Crippen MR) is 126 cm³/mol. The second kappa shape index (κ2) is 7.91. The Labute approximate surface area is 200 Å². The minimum Gasteiger partial charge on any atom is -0.497 e. The molecule has 1 fully saturated rings. The van der Waals surface area contributed by atoms with Gasteiger partial charge in [-0.2, -0.15) is 0 Å². The molecule has 1 amide bonds. The molecule has 34 heavy (non-hydrogen) atoms. The van der Waals surface area contributed by atoms with E-state index < -0.39 is 6.04 Å². The number of methoxy groups -OCH3 is 1. The molecule has 1 aliphatic carbocycles. The number of rotatable bonds is 3. The third-order valence-electron chi connectivity index (χ3n) is 7.06. The molecule has 4 atom stereocenters. The number of fused-ring (bicyclic) bond motifs is 2. The number of hydrogen-bond acceptors (Lipinski definition) is 6. The number of Topliss-reactive ketones (excluding diaryl/α,β-unsaturated/α-hetero) is 1. The van der Waals surface area contributed by atoms with E-state index in [4.69, 9.17) is 9.47 Å². The average Bonchev–Trinajstić information content (AvgIpc) is 3.38. The number of hydrogen-bond donors (Lipinski definition) is 0. The van der Waals surface area contributed by atoms with Crippen LogP contribution in [-0.2, 0) is 14.3 Å². The molecule has 1 aromatic heterocycles. The lowest BCUT2D eigenvalue weighted by molar-refractivity contribution is -0.132. The quantitative estimate of drug-likeness (QED) is 0.518. The van der Waals surface area contributed by atoms with Gasteiger partial charge in [0.2, 0.25) is 0 Å². The molecule has 0 N–H and O–H groups in total. The van der Waals surface area contributed by atoms with Crippen molar-refractivity contribution in [2.75, 3.05) is 12.0 Å². The maximum Gasteiger partial charge on any atom is 0.296 e. The third-order valence-corrected chi connectivity index (χ3v) is 8.08. The average molecular weight is 479 g/mol. The largest absolute Gasteiger partial charge is 0.497 e. The number of halogens is 1. The zero-order valence-electron chi connectivity index (χ0n) is 18.8. The van der Waals surface area contributed by atoms with Crippen LogP contribution in [0.15, 0.2) is 53.8 Å². The molecular formula is C26H23FN2O4S. The zero-order chi connectivity index (χ0) is 23.6. The first-order chi connectivity index (χ1) is 16.4. The molecule has 3 aliphatic rings. The lowest BCUT2D eigenvalue weighted by Gasteiger charge is -2.37. The van der Waals surface area contributed by atoms with Crippen molar-refractivity contribution in [2.24, 2.45) is 11.8 Å². The number of nitrogens with zero attached hydrogens (tertiary/aromatic N) is 2. The standard InChI is InChI=1S/C26H23FN2O4S/c1-13-6-9-19-17(10-13)23(30)21-22(14-4-3-5-16(11-14)32-2)29(25(31)24(21)33-19)26-28-18-8-7-15(27)12-20(18)34-26/h3-5,7-8,11-13,17,19,22H,6,9-10H2,1-2H3. The molecule has 174 valence electrons. The first-order valence-corrected chi connectivity index (χ1v) is 12.2. The van der Waals surface area contributed by atoms with Crippen molar-refractivity contribution in [3.8, 4) is 5.75 Å². The van der Waals surface area contributed by atoms with Crippen LogP contribution in [0.3, 0.4) is 0 Å². The van der Waals surface area contributed by atoms with E-state index in [9.17, 15) is 14.0 Å². The van der Waals surface area contributed by atoms with Crippen LogP contribution in [0.5, 0.6) is 5.75 Å². The summed E-state index contributed by atoms with van der Waals surface area (Å²) >= 11 is 1.22. The van der Waals surface area contributed by atoms with Gasteiger partial charge in [0.15, 0.2) is 16.7 Å². The van der Waals surface area contributed by atoms with Crippen LogP contribution in [0.1, 0.15) is 37.8 Å². The third kappa shape index (κ3) is 3.23. The Balaban J connectivity index is 1.51. The van der Waals surface area contributed by atoms with E-state index in [-0.39, 0.29) is 35.3 Å². The van der Waals surface area contributed by atoms with E-state index in [1.807, 2.05) is 24.3 Å². The number of ketones is 1. The number of benzene rings is 2. The number of anilines is 1. The monoisotopic (exact) mass is 478 g/mol. The van der Waals surface area contributed by atoms with E-state index in [1.165, 1.54) is 28.4 Å². The molecule has 8 heteroatoms.